The van der Waals surface area contributed by atoms with Gasteiger partial charge in [-0.25, -0.2) is 4.39 Å². The Hall–Kier alpha value is -3.29. The van der Waals surface area contributed by atoms with Gasteiger partial charge in [0.2, 0.25) is 0 Å². The molecule has 7 nitrogen and oxygen atoms in total. The molecule has 0 aliphatic rings. The first-order valence-electron chi connectivity index (χ1n) is 8.34. The fourth-order valence-corrected chi connectivity index (χ4v) is 2.83. The molecule has 8 heteroatoms. The maximum atomic E-state index is 14.4. The normalized spacial score (nSPS) is 12.6. The summed E-state index contributed by atoms with van der Waals surface area (Å²) in [5.41, 5.74) is -1.10. The predicted octanol–water partition coefficient (Wildman–Crippen LogP) is 2.97. The molecular weight excluding hydrogens is 369 g/mol. The van der Waals surface area contributed by atoms with Crippen molar-refractivity contribution >= 4 is 11.9 Å². The Bertz CT molecular complexity index is 885. The van der Waals surface area contributed by atoms with E-state index in [9.17, 15) is 19.1 Å². The molecule has 0 heterocycles. The molecule has 0 fully saturated rings. The van der Waals surface area contributed by atoms with E-state index in [0.717, 1.165) is 6.07 Å². The summed E-state index contributed by atoms with van der Waals surface area (Å²) < 4.78 is 29.7. The second-order valence-electron chi connectivity index (χ2n) is 6.28. The van der Waals surface area contributed by atoms with Gasteiger partial charge >= 0.3 is 5.97 Å². The fraction of sp³-hybridized carbons (Fsp3) is 0.300. The third kappa shape index (κ3) is 4.51. The topological polar surface area (TPSA) is 94.1 Å². The molecule has 0 radical (unpaired) electrons. The third-order valence-corrected chi connectivity index (χ3v) is 4.32. The molecule has 2 N–H and O–H groups in total. The van der Waals surface area contributed by atoms with E-state index in [4.69, 9.17) is 14.2 Å². The second-order valence-corrected chi connectivity index (χ2v) is 6.28. The van der Waals surface area contributed by atoms with Crippen molar-refractivity contribution in [2.24, 2.45) is 0 Å². The Morgan fingerprint density at radius 2 is 1.71 bits per heavy atom. The molecule has 0 aliphatic carbocycles. The van der Waals surface area contributed by atoms with E-state index in [1.54, 1.807) is 31.2 Å². The van der Waals surface area contributed by atoms with Crippen LogP contribution in [0.3, 0.4) is 0 Å². The van der Waals surface area contributed by atoms with Crippen LogP contribution in [0.25, 0.3) is 0 Å². The molecule has 2 aromatic rings. The Balaban J connectivity index is 2.44. The zero-order chi connectivity index (χ0) is 20.9. The number of benzene rings is 2. The van der Waals surface area contributed by atoms with E-state index in [1.807, 2.05) is 0 Å². The largest absolute Gasteiger partial charge is 0.497 e. The summed E-state index contributed by atoms with van der Waals surface area (Å²) in [6.45, 7) is 1.55. The van der Waals surface area contributed by atoms with Crippen LogP contribution in [0.1, 0.15) is 29.3 Å². The van der Waals surface area contributed by atoms with E-state index in [0.29, 0.717) is 11.3 Å². The van der Waals surface area contributed by atoms with Gasteiger partial charge in [0, 0.05) is 6.07 Å². The van der Waals surface area contributed by atoms with Crippen LogP contribution in [-0.4, -0.2) is 38.3 Å². The van der Waals surface area contributed by atoms with E-state index in [-0.39, 0.29) is 17.1 Å². The summed E-state index contributed by atoms with van der Waals surface area (Å²) in [5.74, 6) is -1.92. The highest BCUT2D eigenvalue weighted by Crippen LogP contribution is 2.32. The van der Waals surface area contributed by atoms with Crippen molar-refractivity contribution < 1.29 is 33.3 Å². The number of carboxylic acid groups (broad SMARTS) is 1. The smallest absolute Gasteiger partial charge is 0.306 e. The third-order valence-electron chi connectivity index (χ3n) is 4.32. The molecular formula is C20H22FNO6. The lowest BCUT2D eigenvalue weighted by Crippen LogP contribution is -2.45. The average Bonchev–Trinajstić information content (AvgIpc) is 2.66. The number of ether oxygens (including phenoxy) is 3. The van der Waals surface area contributed by atoms with Crippen LogP contribution in [0.4, 0.5) is 4.39 Å². The molecule has 0 aromatic heterocycles. The SMILES string of the molecule is COc1cccc(C(C)(CC(=O)O)NC(=O)c2cc(OC)c(OC)cc2F)c1. The van der Waals surface area contributed by atoms with Crippen molar-refractivity contribution in [3.8, 4) is 17.2 Å². The Labute approximate surface area is 162 Å². The minimum absolute atomic E-state index is 0.137. The summed E-state index contributed by atoms with van der Waals surface area (Å²) in [6.07, 6.45) is -0.416. The van der Waals surface area contributed by atoms with Crippen LogP contribution < -0.4 is 19.5 Å². The van der Waals surface area contributed by atoms with Crippen molar-refractivity contribution in [1.29, 1.82) is 0 Å². The standard InChI is InChI=1S/C20H22FNO6/c1-20(11-18(23)24,12-6-5-7-13(8-12)26-2)22-19(25)14-9-16(27-3)17(28-4)10-15(14)21/h5-10H,11H2,1-4H3,(H,22,25)(H,23,24). The zero-order valence-electron chi connectivity index (χ0n) is 16.0. The van der Waals surface area contributed by atoms with Gasteiger partial charge in [0.15, 0.2) is 11.5 Å². The Morgan fingerprint density at radius 3 is 2.29 bits per heavy atom. The minimum Gasteiger partial charge on any atom is -0.497 e. The van der Waals surface area contributed by atoms with Gasteiger partial charge in [0.1, 0.15) is 11.6 Å². The van der Waals surface area contributed by atoms with Gasteiger partial charge in [-0.05, 0) is 30.7 Å². The number of nitrogens with one attached hydrogen (secondary N) is 1. The van der Waals surface area contributed by atoms with Crippen LogP contribution >= 0.6 is 0 Å². The minimum atomic E-state index is -1.31. The first kappa shape index (κ1) is 21.0. The van der Waals surface area contributed by atoms with E-state index >= 15 is 0 Å². The van der Waals surface area contributed by atoms with Crippen LogP contribution in [-0.2, 0) is 10.3 Å². The van der Waals surface area contributed by atoms with Crippen molar-refractivity contribution in [2.75, 3.05) is 21.3 Å². The molecule has 0 aliphatic heterocycles. The van der Waals surface area contributed by atoms with Crippen molar-refractivity contribution in [1.82, 2.24) is 5.32 Å². The van der Waals surface area contributed by atoms with Crippen LogP contribution in [0.15, 0.2) is 36.4 Å². The van der Waals surface area contributed by atoms with Gasteiger partial charge in [-0.2, -0.15) is 0 Å². The van der Waals surface area contributed by atoms with Gasteiger partial charge in [0.05, 0.1) is 38.9 Å². The van der Waals surface area contributed by atoms with Crippen LogP contribution in [0, 0.1) is 5.82 Å². The van der Waals surface area contributed by atoms with E-state index in [1.165, 1.54) is 27.4 Å². The number of rotatable bonds is 8. The summed E-state index contributed by atoms with van der Waals surface area (Å²) in [5, 5.41) is 12.0. The lowest BCUT2D eigenvalue weighted by molar-refractivity contribution is -0.138. The van der Waals surface area contributed by atoms with Gasteiger partial charge in [-0.15, -0.1) is 0 Å². The molecule has 1 amide bonds. The highest BCUT2D eigenvalue weighted by Gasteiger charge is 2.33. The predicted molar refractivity (Wildman–Crippen MR) is 99.6 cm³/mol. The quantitative estimate of drug-likeness (QED) is 0.719. The number of hydrogen-bond acceptors (Lipinski definition) is 5. The van der Waals surface area contributed by atoms with Crippen molar-refractivity contribution in [3.63, 3.8) is 0 Å². The summed E-state index contributed by atoms with van der Waals surface area (Å²) in [4.78, 5) is 24.2. The second kappa shape index (κ2) is 8.60. The molecule has 0 bridgehead atoms. The number of carbonyl (C=O) groups is 2. The highest BCUT2D eigenvalue weighted by atomic mass is 19.1. The number of aliphatic carboxylic acids is 1. The lowest BCUT2D eigenvalue weighted by Gasteiger charge is -2.30. The molecule has 1 unspecified atom stereocenters. The van der Waals surface area contributed by atoms with Crippen molar-refractivity contribution in [3.05, 3.63) is 53.3 Å². The van der Waals surface area contributed by atoms with Crippen LogP contribution in [0.2, 0.25) is 0 Å². The lowest BCUT2D eigenvalue weighted by atomic mass is 9.88. The van der Waals surface area contributed by atoms with Crippen LogP contribution in [0.5, 0.6) is 17.2 Å². The van der Waals surface area contributed by atoms with E-state index in [2.05, 4.69) is 5.32 Å². The summed E-state index contributed by atoms with van der Waals surface area (Å²) >= 11 is 0. The molecule has 0 saturated heterocycles. The molecule has 1 atom stereocenters. The monoisotopic (exact) mass is 391 g/mol. The molecule has 2 aromatic carbocycles. The number of halogens is 1. The molecule has 0 saturated carbocycles. The number of carboxylic acids is 1. The van der Waals surface area contributed by atoms with E-state index < -0.39 is 29.7 Å². The highest BCUT2D eigenvalue weighted by molar-refractivity contribution is 5.96. The molecule has 150 valence electrons. The number of hydrogen-bond donors (Lipinski definition) is 2. The fourth-order valence-electron chi connectivity index (χ4n) is 2.83. The maximum absolute atomic E-state index is 14.4. The number of methoxy groups -OCH3 is 3. The number of amides is 1. The average molecular weight is 391 g/mol. The van der Waals surface area contributed by atoms with Gasteiger partial charge in [-0.1, -0.05) is 12.1 Å². The molecule has 2 rings (SSSR count). The zero-order valence-corrected chi connectivity index (χ0v) is 16.0. The summed E-state index contributed by atoms with van der Waals surface area (Å²) in [6, 6.07) is 8.90. The Kier molecular flexibility index (Phi) is 6.45. The first-order valence-corrected chi connectivity index (χ1v) is 8.34. The first-order chi connectivity index (χ1) is 13.2. The maximum Gasteiger partial charge on any atom is 0.306 e. The molecule has 28 heavy (non-hydrogen) atoms. The molecule has 0 spiro atoms. The van der Waals surface area contributed by atoms with Gasteiger partial charge in [-0.3, -0.25) is 9.59 Å². The van der Waals surface area contributed by atoms with Gasteiger partial charge in [0.25, 0.3) is 5.91 Å². The van der Waals surface area contributed by atoms with Gasteiger partial charge < -0.3 is 24.6 Å². The van der Waals surface area contributed by atoms with Crippen molar-refractivity contribution in [2.45, 2.75) is 18.9 Å². The Morgan fingerprint density at radius 1 is 1.07 bits per heavy atom. The summed E-state index contributed by atoms with van der Waals surface area (Å²) in [7, 11) is 4.19. The number of carbonyl (C=O) groups excluding carboxylic acids is 1.